The zero-order valence-electron chi connectivity index (χ0n) is 13.5. The van der Waals surface area contributed by atoms with Crippen LogP contribution in [0.1, 0.15) is 44.0 Å². The molecule has 1 unspecified atom stereocenters. The number of anilines is 1. The Kier molecular flexibility index (Phi) is 4.86. The molecule has 1 saturated carbocycles. The fourth-order valence-electron chi connectivity index (χ4n) is 2.09. The summed E-state index contributed by atoms with van der Waals surface area (Å²) >= 11 is 0. The molecule has 0 spiro atoms. The summed E-state index contributed by atoms with van der Waals surface area (Å²) in [6, 6.07) is 7.00. The van der Waals surface area contributed by atoms with E-state index in [2.05, 4.69) is 10.6 Å². The molecular formula is C17H25N3O2. The molecule has 1 atom stereocenters. The summed E-state index contributed by atoms with van der Waals surface area (Å²) in [7, 11) is 0. The Bertz CT molecular complexity index is 567. The van der Waals surface area contributed by atoms with Gasteiger partial charge >= 0.3 is 0 Å². The van der Waals surface area contributed by atoms with Gasteiger partial charge in [0.15, 0.2) is 0 Å². The van der Waals surface area contributed by atoms with Crippen molar-refractivity contribution in [1.29, 1.82) is 0 Å². The standard InChI is InChI=1S/C17H25N3O2/c1-11(2)17(3,10-18)20-16(22)13-5-4-6-14(9-13)19-15(21)12-7-8-12/h4-6,9,11-12H,7-8,10,18H2,1-3H3,(H,19,21)(H,20,22). The molecule has 4 N–H and O–H groups in total. The second-order valence-corrected chi connectivity index (χ2v) is 6.57. The summed E-state index contributed by atoms with van der Waals surface area (Å²) in [6.07, 6.45) is 1.91. The van der Waals surface area contributed by atoms with E-state index in [0.29, 0.717) is 17.8 Å². The number of benzene rings is 1. The fourth-order valence-corrected chi connectivity index (χ4v) is 2.09. The highest BCUT2D eigenvalue weighted by Crippen LogP contribution is 2.30. The van der Waals surface area contributed by atoms with Crippen LogP contribution in [-0.4, -0.2) is 23.9 Å². The first kappa shape index (κ1) is 16.5. The first-order valence-electron chi connectivity index (χ1n) is 7.79. The number of carbonyl (C=O) groups is 2. The Morgan fingerprint density at radius 1 is 1.36 bits per heavy atom. The zero-order chi connectivity index (χ0) is 16.3. The number of hydrogen-bond acceptors (Lipinski definition) is 3. The number of nitrogens with two attached hydrogens (primary N) is 1. The zero-order valence-corrected chi connectivity index (χ0v) is 13.5. The summed E-state index contributed by atoms with van der Waals surface area (Å²) in [5, 5.41) is 5.85. The van der Waals surface area contributed by atoms with E-state index < -0.39 is 5.54 Å². The van der Waals surface area contributed by atoms with Crippen LogP contribution in [0.3, 0.4) is 0 Å². The van der Waals surface area contributed by atoms with Crippen LogP contribution in [0.5, 0.6) is 0 Å². The summed E-state index contributed by atoms with van der Waals surface area (Å²) in [6.45, 7) is 6.36. The van der Waals surface area contributed by atoms with E-state index in [0.717, 1.165) is 12.8 Å². The topological polar surface area (TPSA) is 84.2 Å². The Hall–Kier alpha value is -1.88. The van der Waals surface area contributed by atoms with E-state index in [1.165, 1.54) is 0 Å². The van der Waals surface area contributed by atoms with Gasteiger partial charge in [-0.2, -0.15) is 0 Å². The van der Waals surface area contributed by atoms with Gasteiger partial charge in [-0.3, -0.25) is 9.59 Å². The van der Waals surface area contributed by atoms with Crippen molar-refractivity contribution in [1.82, 2.24) is 5.32 Å². The van der Waals surface area contributed by atoms with Gasteiger partial charge in [-0.25, -0.2) is 0 Å². The van der Waals surface area contributed by atoms with Gasteiger partial charge in [0.25, 0.3) is 5.91 Å². The van der Waals surface area contributed by atoms with E-state index >= 15 is 0 Å². The molecule has 0 aliphatic heterocycles. The summed E-state index contributed by atoms with van der Waals surface area (Å²) in [4.78, 5) is 24.2. The molecule has 2 amide bonds. The third kappa shape index (κ3) is 3.85. The molecular weight excluding hydrogens is 278 g/mol. The van der Waals surface area contributed by atoms with Gasteiger partial charge in [0, 0.05) is 23.7 Å². The minimum atomic E-state index is -0.454. The Balaban J connectivity index is 2.07. The molecule has 1 fully saturated rings. The lowest BCUT2D eigenvalue weighted by atomic mass is 9.88. The van der Waals surface area contributed by atoms with Gasteiger partial charge in [-0.15, -0.1) is 0 Å². The van der Waals surface area contributed by atoms with Gasteiger partial charge in [-0.1, -0.05) is 19.9 Å². The number of carbonyl (C=O) groups excluding carboxylic acids is 2. The van der Waals surface area contributed by atoms with Crippen molar-refractivity contribution in [2.45, 2.75) is 39.2 Å². The maximum Gasteiger partial charge on any atom is 0.251 e. The summed E-state index contributed by atoms with van der Waals surface area (Å²) < 4.78 is 0. The monoisotopic (exact) mass is 303 g/mol. The normalized spacial score (nSPS) is 17.0. The van der Waals surface area contributed by atoms with Crippen LogP contribution < -0.4 is 16.4 Å². The molecule has 22 heavy (non-hydrogen) atoms. The van der Waals surface area contributed by atoms with Crippen molar-refractivity contribution < 1.29 is 9.59 Å². The van der Waals surface area contributed by atoms with Crippen molar-refractivity contribution in [3.63, 3.8) is 0 Å². The molecule has 0 saturated heterocycles. The molecule has 2 rings (SSSR count). The highest BCUT2D eigenvalue weighted by molar-refractivity contribution is 5.98. The number of amides is 2. The van der Waals surface area contributed by atoms with Crippen molar-refractivity contribution in [3.05, 3.63) is 29.8 Å². The number of rotatable bonds is 6. The van der Waals surface area contributed by atoms with Crippen molar-refractivity contribution in [3.8, 4) is 0 Å². The molecule has 5 nitrogen and oxygen atoms in total. The average Bonchev–Trinajstić information content (AvgIpc) is 3.31. The molecule has 1 aliphatic carbocycles. The third-order valence-electron chi connectivity index (χ3n) is 4.44. The van der Waals surface area contributed by atoms with Gasteiger partial charge in [-0.05, 0) is 43.9 Å². The average molecular weight is 303 g/mol. The molecule has 0 bridgehead atoms. The third-order valence-corrected chi connectivity index (χ3v) is 4.44. The van der Waals surface area contributed by atoms with Gasteiger partial charge in [0.05, 0.1) is 5.54 Å². The van der Waals surface area contributed by atoms with E-state index in [9.17, 15) is 9.59 Å². The fraction of sp³-hybridized carbons (Fsp3) is 0.529. The molecule has 1 aromatic rings. The minimum Gasteiger partial charge on any atom is -0.345 e. The lowest BCUT2D eigenvalue weighted by Crippen LogP contribution is -2.55. The van der Waals surface area contributed by atoms with Gasteiger partial charge < -0.3 is 16.4 Å². The predicted molar refractivity (Wildman–Crippen MR) is 87.6 cm³/mol. The van der Waals surface area contributed by atoms with Crippen molar-refractivity contribution >= 4 is 17.5 Å². The Labute approximate surface area is 131 Å². The highest BCUT2D eigenvalue weighted by Gasteiger charge is 2.30. The first-order chi connectivity index (χ1) is 10.4. The molecule has 120 valence electrons. The molecule has 5 heteroatoms. The summed E-state index contributed by atoms with van der Waals surface area (Å²) in [5.41, 5.74) is 6.52. The van der Waals surface area contributed by atoms with Crippen LogP contribution in [0.4, 0.5) is 5.69 Å². The summed E-state index contributed by atoms with van der Waals surface area (Å²) in [5.74, 6) is 0.217. The molecule has 0 heterocycles. The van der Waals surface area contributed by atoms with E-state index in [1.54, 1.807) is 24.3 Å². The molecule has 0 radical (unpaired) electrons. The van der Waals surface area contributed by atoms with Crippen LogP contribution in [0.15, 0.2) is 24.3 Å². The van der Waals surface area contributed by atoms with E-state index in [-0.39, 0.29) is 23.7 Å². The first-order valence-corrected chi connectivity index (χ1v) is 7.79. The van der Waals surface area contributed by atoms with Crippen LogP contribution >= 0.6 is 0 Å². The van der Waals surface area contributed by atoms with Crippen LogP contribution in [-0.2, 0) is 4.79 Å². The maximum atomic E-state index is 12.4. The van der Waals surface area contributed by atoms with Crippen LogP contribution in [0, 0.1) is 11.8 Å². The Morgan fingerprint density at radius 2 is 2.05 bits per heavy atom. The smallest absolute Gasteiger partial charge is 0.251 e. The SMILES string of the molecule is CC(C)C(C)(CN)NC(=O)c1cccc(NC(=O)C2CC2)c1. The second kappa shape index (κ2) is 6.48. The Morgan fingerprint density at radius 3 is 2.59 bits per heavy atom. The van der Waals surface area contributed by atoms with Crippen molar-refractivity contribution in [2.75, 3.05) is 11.9 Å². The van der Waals surface area contributed by atoms with Gasteiger partial charge in [0.2, 0.25) is 5.91 Å². The molecule has 0 aromatic heterocycles. The minimum absolute atomic E-state index is 0.0338. The second-order valence-electron chi connectivity index (χ2n) is 6.57. The lowest BCUT2D eigenvalue weighted by molar-refractivity contribution is -0.117. The predicted octanol–water partition coefficient (Wildman–Crippen LogP) is 2.14. The number of nitrogens with one attached hydrogen (secondary N) is 2. The van der Waals surface area contributed by atoms with Crippen LogP contribution in [0.25, 0.3) is 0 Å². The highest BCUT2D eigenvalue weighted by atomic mass is 16.2. The number of hydrogen-bond donors (Lipinski definition) is 3. The van der Waals surface area contributed by atoms with E-state index in [1.807, 2.05) is 20.8 Å². The molecule has 1 aliphatic rings. The lowest BCUT2D eigenvalue weighted by Gasteiger charge is -2.33. The quantitative estimate of drug-likeness (QED) is 0.752. The van der Waals surface area contributed by atoms with E-state index in [4.69, 9.17) is 5.73 Å². The van der Waals surface area contributed by atoms with Crippen LogP contribution in [0.2, 0.25) is 0 Å². The van der Waals surface area contributed by atoms with Crippen molar-refractivity contribution in [2.24, 2.45) is 17.6 Å². The largest absolute Gasteiger partial charge is 0.345 e. The molecule has 1 aromatic carbocycles. The van der Waals surface area contributed by atoms with Gasteiger partial charge in [0.1, 0.15) is 0 Å². The maximum absolute atomic E-state index is 12.4.